The lowest BCUT2D eigenvalue weighted by atomic mass is 10.2. The Labute approximate surface area is 106 Å². The van der Waals surface area contributed by atoms with E-state index in [9.17, 15) is 23.1 Å². The number of nitrogens with one attached hydrogen (secondary N) is 1. The highest BCUT2D eigenvalue weighted by Crippen LogP contribution is 2.21. The van der Waals surface area contributed by atoms with E-state index < -0.39 is 29.0 Å². The van der Waals surface area contributed by atoms with Crippen LogP contribution in [0.4, 0.5) is 18.9 Å². The number of amides is 1. The first-order valence-electron chi connectivity index (χ1n) is 5.23. The molecule has 0 saturated carbocycles. The summed E-state index contributed by atoms with van der Waals surface area (Å²) in [5.74, 6) is -4.87. The van der Waals surface area contributed by atoms with E-state index in [4.69, 9.17) is 0 Å². The number of phenols is 1. The number of anilines is 1. The zero-order chi connectivity index (χ0) is 14.0. The quantitative estimate of drug-likeness (QED) is 0.821. The van der Waals surface area contributed by atoms with Gasteiger partial charge in [0.2, 0.25) is 0 Å². The SMILES string of the molecule is O=C(Nc1cc(F)c(F)cc1F)c1ccccc1O. The van der Waals surface area contributed by atoms with E-state index in [1.165, 1.54) is 24.3 Å². The van der Waals surface area contributed by atoms with E-state index in [0.717, 1.165) is 0 Å². The first-order chi connectivity index (χ1) is 8.99. The molecule has 19 heavy (non-hydrogen) atoms. The molecule has 0 unspecified atom stereocenters. The number of para-hydroxylation sites is 1. The minimum atomic E-state index is -1.35. The first-order valence-corrected chi connectivity index (χ1v) is 5.23. The lowest BCUT2D eigenvalue weighted by Gasteiger charge is -2.08. The Morgan fingerprint density at radius 2 is 1.63 bits per heavy atom. The van der Waals surface area contributed by atoms with E-state index in [2.05, 4.69) is 5.32 Å². The van der Waals surface area contributed by atoms with E-state index in [1.54, 1.807) is 0 Å². The number of carbonyl (C=O) groups excluding carboxylic acids is 1. The molecule has 0 aliphatic heterocycles. The number of rotatable bonds is 2. The van der Waals surface area contributed by atoms with Crippen molar-refractivity contribution < 1.29 is 23.1 Å². The number of carbonyl (C=O) groups is 1. The van der Waals surface area contributed by atoms with Crippen LogP contribution < -0.4 is 5.32 Å². The minimum Gasteiger partial charge on any atom is -0.507 e. The van der Waals surface area contributed by atoms with Gasteiger partial charge in [-0.3, -0.25) is 4.79 Å². The van der Waals surface area contributed by atoms with Crippen molar-refractivity contribution in [2.24, 2.45) is 0 Å². The fourth-order valence-electron chi connectivity index (χ4n) is 1.47. The second-order valence-electron chi connectivity index (χ2n) is 3.72. The summed E-state index contributed by atoms with van der Waals surface area (Å²) in [6.07, 6.45) is 0. The molecule has 0 saturated heterocycles. The number of hydrogen-bond acceptors (Lipinski definition) is 2. The smallest absolute Gasteiger partial charge is 0.259 e. The molecule has 0 fully saturated rings. The number of halogens is 3. The molecule has 2 aromatic rings. The molecular weight excluding hydrogens is 259 g/mol. The van der Waals surface area contributed by atoms with Crippen molar-refractivity contribution in [3.8, 4) is 5.75 Å². The molecule has 0 atom stereocenters. The van der Waals surface area contributed by atoms with Crippen molar-refractivity contribution in [2.75, 3.05) is 5.32 Å². The Morgan fingerprint density at radius 1 is 1.00 bits per heavy atom. The Morgan fingerprint density at radius 3 is 2.32 bits per heavy atom. The van der Waals surface area contributed by atoms with Gasteiger partial charge in [-0.1, -0.05) is 12.1 Å². The van der Waals surface area contributed by atoms with Crippen molar-refractivity contribution in [1.82, 2.24) is 0 Å². The Kier molecular flexibility index (Phi) is 3.41. The summed E-state index contributed by atoms with van der Waals surface area (Å²) in [6, 6.07) is 6.44. The van der Waals surface area contributed by atoms with Crippen LogP contribution in [0, 0.1) is 17.5 Å². The van der Waals surface area contributed by atoms with Gasteiger partial charge < -0.3 is 10.4 Å². The molecule has 0 bridgehead atoms. The molecule has 0 radical (unpaired) electrons. The summed E-state index contributed by atoms with van der Waals surface area (Å²) in [6.45, 7) is 0. The summed E-state index contributed by atoms with van der Waals surface area (Å²) in [5, 5.41) is 11.5. The normalized spacial score (nSPS) is 10.3. The van der Waals surface area contributed by atoms with E-state index >= 15 is 0 Å². The summed E-state index contributed by atoms with van der Waals surface area (Å²) in [4.78, 5) is 11.7. The third-order valence-corrected chi connectivity index (χ3v) is 2.41. The minimum absolute atomic E-state index is 0.105. The van der Waals surface area contributed by atoms with Gasteiger partial charge >= 0.3 is 0 Å². The van der Waals surface area contributed by atoms with Gasteiger partial charge in [0.05, 0.1) is 11.3 Å². The number of phenolic OH excluding ortho intramolecular Hbond substituents is 1. The average molecular weight is 267 g/mol. The van der Waals surface area contributed by atoms with Crippen LogP contribution in [0.15, 0.2) is 36.4 Å². The van der Waals surface area contributed by atoms with Crippen LogP contribution in [0.3, 0.4) is 0 Å². The molecule has 2 aromatic carbocycles. The second kappa shape index (κ2) is 5.01. The zero-order valence-electron chi connectivity index (χ0n) is 9.45. The van der Waals surface area contributed by atoms with Crippen molar-refractivity contribution in [3.63, 3.8) is 0 Å². The highest BCUT2D eigenvalue weighted by Gasteiger charge is 2.15. The average Bonchev–Trinajstić information content (AvgIpc) is 2.36. The third kappa shape index (κ3) is 2.67. The van der Waals surface area contributed by atoms with Gasteiger partial charge in [-0.25, -0.2) is 13.2 Å². The van der Waals surface area contributed by atoms with Crippen LogP contribution in [-0.4, -0.2) is 11.0 Å². The standard InChI is InChI=1S/C13H8F3NO2/c14-8-5-10(16)11(6-9(8)15)17-13(19)7-3-1-2-4-12(7)18/h1-6,18H,(H,17,19). The van der Waals surface area contributed by atoms with Gasteiger partial charge in [0.15, 0.2) is 11.6 Å². The molecule has 6 heteroatoms. The van der Waals surface area contributed by atoms with Gasteiger partial charge in [0.1, 0.15) is 11.6 Å². The molecule has 0 heterocycles. The summed E-state index contributed by atoms with van der Waals surface area (Å²) < 4.78 is 39.0. The van der Waals surface area contributed by atoms with Gasteiger partial charge in [-0.2, -0.15) is 0 Å². The molecular formula is C13H8F3NO2. The zero-order valence-corrected chi connectivity index (χ0v) is 9.45. The maximum absolute atomic E-state index is 13.3. The topological polar surface area (TPSA) is 49.3 Å². The van der Waals surface area contributed by atoms with E-state index in [0.29, 0.717) is 12.1 Å². The molecule has 2 rings (SSSR count). The molecule has 1 amide bonds. The summed E-state index contributed by atoms with van der Waals surface area (Å²) in [5.41, 5.74) is -0.612. The maximum Gasteiger partial charge on any atom is 0.259 e. The van der Waals surface area contributed by atoms with Crippen molar-refractivity contribution in [3.05, 3.63) is 59.4 Å². The molecule has 0 spiro atoms. The van der Waals surface area contributed by atoms with Crippen LogP contribution in [-0.2, 0) is 0 Å². The monoisotopic (exact) mass is 267 g/mol. The number of hydrogen-bond donors (Lipinski definition) is 2. The van der Waals surface area contributed by atoms with Gasteiger partial charge in [0.25, 0.3) is 5.91 Å². The van der Waals surface area contributed by atoms with Crippen LogP contribution in [0.1, 0.15) is 10.4 Å². The van der Waals surface area contributed by atoms with E-state index in [-0.39, 0.29) is 11.3 Å². The van der Waals surface area contributed by atoms with Crippen LogP contribution in [0.25, 0.3) is 0 Å². The maximum atomic E-state index is 13.3. The highest BCUT2D eigenvalue weighted by atomic mass is 19.2. The van der Waals surface area contributed by atoms with Crippen LogP contribution in [0.5, 0.6) is 5.75 Å². The Bertz CT molecular complexity index is 644. The second-order valence-corrected chi connectivity index (χ2v) is 3.72. The number of benzene rings is 2. The first kappa shape index (κ1) is 12.9. The predicted molar refractivity (Wildman–Crippen MR) is 62.4 cm³/mol. The largest absolute Gasteiger partial charge is 0.507 e. The van der Waals surface area contributed by atoms with Gasteiger partial charge in [-0.05, 0) is 12.1 Å². The fraction of sp³-hybridized carbons (Fsp3) is 0. The van der Waals surface area contributed by atoms with E-state index in [1.807, 2.05) is 0 Å². The molecule has 0 aromatic heterocycles. The molecule has 0 aliphatic rings. The molecule has 2 N–H and O–H groups in total. The van der Waals surface area contributed by atoms with Crippen molar-refractivity contribution in [1.29, 1.82) is 0 Å². The fourth-order valence-corrected chi connectivity index (χ4v) is 1.47. The summed E-state index contributed by atoms with van der Waals surface area (Å²) in [7, 11) is 0. The van der Waals surface area contributed by atoms with Gasteiger partial charge in [0, 0.05) is 12.1 Å². The molecule has 98 valence electrons. The van der Waals surface area contributed by atoms with Crippen LogP contribution >= 0.6 is 0 Å². The highest BCUT2D eigenvalue weighted by molar-refractivity contribution is 6.06. The molecule has 0 aliphatic carbocycles. The number of aromatic hydroxyl groups is 1. The Balaban J connectivity index is 2.30. The predicted octanol–water partition coefficient (Wildman–Crippen LogP) is 3.06. The molecule has 3 nitrogen and oxygen atoms in total. The van der Waals surface area contributed by atoms with Gasteiger partial charge in [-0.15, -0.1) is 0 Å². The third-order valence-electron chi connectivity index (χ3n) is 2.41. The summed E-state index contributed by atoms with van der Waals surface area (Å²) >= 11 is 0. The lowest BCUT2D eigenvalue weighted by molar-refractivity contribution is 0.102. The van der Waals surface area contributed by atoms with Crippen molar-refractivity contribution in [2.45, 2.75) is 0 Å². The lowest BCUT2D eigenvalue weighted by Crippen LogP contribution is -2.13. The Hall–Kier alpha value is -2.50. The van der Waals surface area contributed by atoms with Crippen LogP contribution in [0.2, 0.25) is 0 Å². The van der Waals surface area contributed by atoms with Crippen molar-refractivity contribution >= 4 is 11.6 Å².